The van der Waals surface area contributed by atoms with E-state index < -0.39 is 5.97 Å². The average Bonchev–Trinajstić information content (AvgIpc) is 3.04. The lowest BCUT2D eigenvalue weighted by Gasteiger charge is -2.03. The van der Waals surface area contributed by atoms with E-state index in [1.54, 1.807) is 18.3 Å². The Morgan fingerprint density at radius 2 is 2.32 bits per heavy atom. The molecule has 0 aromatic carbocycles. The van der Waals surface area contributed by atoms with Crippen LogP contribution in [0.15, 0.2) is 28.9 Å². The lowest BCUT2D eigenvalue weighted by Crippen LogP contribution is -2.01. The van der Waals surface area contributed by atoms with E-state index in [0.29, 0.717) is 18.3 Å². The normalized spacial score (nSPS) is 10.7. The lowest BCUT2D eigenvalue weighted by atomic mass is 10.4. The van der Waals surface area contributed by atoms with Crippen LogP contribution in [0, 0.1) is 0 Å². The number of furan rings is 1. The zero-order valence-electron chi connectivity index (χ0n) is 11.2. The van der Waals surface area contributed by atoms with E-state index in [4.69, 9.17) is 4.42 Å². The van der Waals surface area contributed by atoms with Gasteiger partial charge in [-0.25, -0.2) is 4.79 Å². The van der Waals surface area contributed by atoms with E-state index in [0.717, 1.165) is 5.69 Å². The molecule has 19 heavy (non-hydrogen) atoms. The number of aromatic nitrogens is 2. The fraction of sp³-hybridized carbons (Fsp3) is 0.385. The quantitative estimate of drug-likeness (QED) is 0.839. The first kappa shape index (κ1) is 13.2. The van der Waals surface area contributed by atoms with Crippen LogP contribution >= 0.6 is 0 Å². The smallest absolute Gasteiger partial charge is 0.373 e. The Kier molecular flexibility index (Phi) is 3.89. The average molecular weight is 263 g/mol. The molecule has 102 valence electrons. The lowest BCUT2D eigenvalue weighted by molar-refractivity contribution is 0.0563. The number of nitrogens with one attached hydrogen (secondary N) is 1. The van der Waals surface area contributed by atoms with Crippen molar-refractivity contribution in [1.29, 1.82) is 0 Å². The van der Waals surface area contributed by atoms with Crippen molar-refractivity contribution in [3.05, 3.63) is 36.0 Å². The first-order valence-corrected chi connectivity index (χ1v) is 6.05. The molecular weight excluding hydrogens is 246 g/mol. The number of ether oxygens (including phenoxy) is 1. The van der Waals surface area contributed by atoms with Crippen LogP contribution in [0.3, 0.4) is 0 Å². The number of nitrogens with zero attached hydrogens (tertiary/aromatic N) is 2. The molecule has 0 bridgehead atoms. The van der Waals surface area contributed by atoms with E-state index in [9.17, 15) is 4.79 Å². The molecule has 6 heteroatoms. The number of hydrogen-bond donors (Lipinski definition) is 1. The van der Waals surface area contributed by atoms with Gasteiger partial charge in [-0.05, 0) is 26.0 Å². The van der Waals surface area contributed by atoms with Gasteiger partial charge >= 0.3 is 5.97 Å². The molecule has 0 atom stereocenters. The van der Waals surface area contributed by atoms with Gasteiger partial charge in [-0.3, -0.25) is 4.68 Å². The van der Waals surface area contributed by atoms with Crippen molar-refractivity contribution in [2.24, 2.45) is 0 Å². The summed E-state index contributed by atoms with van der Waals surface area (Å²) in [6.45, 7) is 4.61. The van der Waals surface area contributed by atoms with Gasteiger partial charge in [-0.2, -0.15) is 5.10 Å². The van der Waals surface area contributed by atoms with Crippen molar-refractivity contribution in [2.75, 3.05) is 12.4 Å². The Balaban J connectivity index is 1.94. The molecule has 0 saturated heterocycles. The third kappa shape index (κ3) is 3.15. The molecule has 2 aromatic heterocycles. The molecule has 1 N–H and O–H groups in total. The maximum atomic E-state index is 11.2. The fourth-order valence-electron chi connectivity index (χ4n) is 1.58. The van der Waals surface area contributed by atoms with Crippen LogP contribution in [-0.4, -0.2) is 22.9 Å². The number of rotatable bonds is 5. The minimum Gasteiger partial charge on any atom is -0.463 e. The van der Waals surface area contributed by atoms with Crippen molar-refractivity contribution in [3.8, 4) is 0 Å². The van der Waals surface area contributed by atoms with E-state index >= 15 is 0 Å². The number of anilines is 1. The second-order valence-electron chi connectivity index (χ2n) is 4.41. The molecule has 0 spiro atoms. The maximum absolute atomic E-state index is 11.2. The first-order valence-electron chi connectivity index (χ1n) is 6.05. The predicted molar refractivity (Wildman–Crippen MR) is 70.0 cm³/mol. The molecule has 2 aromatic rings. The van der Waals surface area contributed by atoms with Gasteiger partial charge in [0, 0.05) is 12.2 Å². The van der Waals surface area contributed by atoms with Crippen LogP contribution in [0.25, 0.3) is 0 Å². The monoisotopic (exact) mass is 263 g/mol. The Morgan fingerprint density at radius 1 is 1.53 bits per heavy atom. The zero-order valence-corrected chi connectivity index (χ0v) is 11.2. The summed E-state index contributed by atoms with van der Waals surface area (Å²) in [4.78, 5) is 11.2. The molecular formula is C13H17N3O3. The molecule has 0 aliphatic carbocycles. The van der Waals surface area contributed by atoms with Gasteiger partial charge in [-0.15, -0.1) is 0 Å². The molecule has 0 aliphatic heterocycles. The SMILES string of the molecule is COC(=O)c1ccc(CNc2cnn(C(C)C)c2)o1. The summed E-state index contributed by atoms with van der Waals surface area (Å²) in [7, 11) is 1.32. The van der Waals surface area contributed by atoms with Crippen LogP contribution in [0.1, 0.15) is 36.2 Å². The van der Waals surface area contributed by atoms with Gasteiger partial charge in [0.2, 0.25) is 5.76 Å². The molecule has 0 unspecified atom stereocenters. The van der Waals surface area contributed by atoms with Gasteiger partial charge in [0.05, 0.1) is 25.5 Å². The second-order valence-corrected chi connectivity index (χ2v) is 4.41. The van der Waals surface area contributed by atoms with Crippen LogP contribution in [-0.2, 0) is 11.3 Å². The van der Waals surface area contributed by atoms with Gasteiger partial charge < -0.3 is 14.5 Å². The maximum Gasteiger partial charge on any atom is 0.373 e. The minimum absolute atomic E-state index is 0.206. The van der Waals surface area contributed by atoms with Gasteiger partial charge in [-0.1, -0.05) is 0 Å². The molecule has 0 amide bonds. The highest BCUT2D eigenvalue weighted by molar-refractivity contribution is 5.86. The third-order valence-electron chi connectivity index (χ3n) is 2.65. The van der Waals surface area contributed by atoms with E-state index in [1.165, 1.54) is 7.11 Å². The van der Waals surface area contributed by atoms with Crippen LogP contribution in [0.5, 0.6) is 0 Å². The molecule has 2 rings (SSSR count). The van der Waals surface area contributed by atoms with Crippen LogP contribution in [0.4, 0.5) is 5.69 Å². The van der Waals surface area contributed by atoms with Crippen molar-refractivity contribution in [2.45, 2.75) is 26.4 Å². The van der Waals surface area contributed by atoms with E-state index in [-0.39, 0.29) is 5.76 Å². The number of carbonyl (C=O) groups excluding carboxylic acids is 1. The summed E-state index contributed by atoms with van der Waals surface area (Å²) >= 11 is 0. The van der Waals surface area contributed by atoms with Crippen LogP contribution < -0.4 is 5.32 Å². The summed E-state index contributed by atoms with van der Waals surface area (Å²) in [6, 6.07) is 3.66. The zero-order chi connectivity index (χ0) is 13.8. The summed E-state index contributed by atoms with van der Waals surface area (Å²) in [5, 5.41) is 7.40. The van der Waals surface area contributed by atoms with Gasteiger partial charge in [0.25, 0.3) is 0 Å². The van der Waals surface area contributed by atoms with Crippen molar-refractivity contribution >= 4 is 11.7 Å². The molecule has 0 radical (unpaired) electrons. The summed E-state index contributed by atoms with van der Waals surface area (Å²) < 4.78 is 11.8. The predicted octanol–water partition coefficient (Wildman–Crippen LogP) is 2.46. The Labute approximate surface area is 111 Å². The third-order valence-corrected chi connectivity index (χ3v) is 2.65. The first-order chi connectivity index (χ1) is 9.10. The second kappa shape index (κ2) is 5.60. The fourth-order valence-corrected chi connectivity index (χ4v) is 1.58. The van der Waals surface area contributed by atoms with E-state index in [2.05, 4.69) is 29.0 Å². The highest BCUT2D eigenvalue weighted by Gasteiger charge is 2.11. The molecule has 2 heterocycles. The van der Waals surface area contributed by atoms with Crippen molar-refractivity contribution in [1.82, 2.24) is 9.78 Å². The summed E-state index contributed by atoms with van der Waals surface area (Å²) in [6.07, 6.45) is 3.68. The molecule has 6 nitrogen and oxygen atoms in total. The highest BCUT2D eigenvalue weighted by atomic mass is 16.5. The number of carbonyl (C=O) groups is 1. The number of methoxy groups -OCH3 is 1. The molecule has 0 saturated carbocycles. The largest absolute Gasteiger partial charge is 0.463 e. The van der Waals surface area contributed by atoms with Crippen molar-refractivity contribution < 1.29 is 13.9 Å². The van der Waals surface area contributed by atoms with Crippen LogP contribution in [0.2, 0.25) is 0 Å². The minimum atomic E-state index is -0.473. The highest BCUT2D eigenvalue weighted by Crippen LogP contribution is 2.13. The van der Waals surface area contributed by atoms with E-state index in [1.807, 2.05) is 10.9 Å². The molecule has 0 fully saturated rings. The number of esters is 1. The Bertz CT molecular complexity index is 557. The Hall–Kier alpha value is -2.24. The standard InChI is InChI=1S/C13H17N3O3/c1-9(2)16-8-10(6-15-16)14-7-11-4-5-12(19-11)13(17)18-3/h4-6,8-9,14H,7H2,1-3H3. The van der Waals surface area contributed by atoms with Gasteiger partial charge in [0.1, 0.15) is 5.76 Å². The number of hydrogen-bond acceptors (Lipinski definition) is 5. The molecule has 0 aliphatic rings. The van der Waals surface area contributed by atoms with Gasteiger partial charge in [0.15, 0.2) is 0 Å². The topological polar surface area (TPSA) is 69.3 Å². The summed E-state index contributed by atoms with van der Waals surface area (Å²) in [5.74, 6) is 0.397. The Morgan fingerprint density at radius 3 is 2.95 bits per heavy atom. The summed E-state index contributed by atoms with van der Waals surface area (Å²) in [5.41, 5.74) is 0.907. The van der Waals surface area contributed by atoms with Crippen molar-refractivity contribution in [3.63, 3.8) is 0 Å².